The molecule has 0 saturated heterocycles. The van der Waals surface area contributed by atoms with Gasteiger partial charge in [0.25, 0.3) is 0 Å². The lowest BCUT2D eigenvalue weighted by molar-refractivity contribution is -0.109. The van der Waals surface area contributed by atoms with Crippen molar-refractivity contribution in [3.8, 4) is 0 Å². The van der Waals surface area contributed by atoms with Crippen LogP contribution in [0.2, 0.25) is 0 Å². The monoisotopic (exact) mass is 296 g/mol. The molecular formula is C16H24OS2. The smallest absolute Gasteiger partial charge is 0.185 e. The first-order chi connectivity index (χ1) is 9.24. The molecule has 1 nitrogen and oxygen atoms in total. The van der Waals surface area contributed by atoms with Crippen molar-refractivity contribution < 1.29 is 4.79 Å². The largest absolute Gasteiger partial charge is 0.288 e. The molecule has 0 radical (unpaired) electrons. The molecule has 0 amide bonds. The van der Waals surface area contributed by atoms with Gasteiger partial charge in [0, 0.05) is 17.6 Å². The number of thiophene rings is 1. The van der Waals surface area contributed by atoms with Gasteiger partial charge in [0.15, 0.2) is 5.12 Å². The van der Waals surface area contributed by atoms with Gasteiger partial charge in [-0.1, -0.05) is 44.0 Å². The highest BCUT2D eigenvalue weighted by atomic mass is 32.2. The zero-order chi connectivity index (χ0) is 13.9. The lowest BCUT2D eigenvalue weighted by Gasteiger charge is -2.00. The summed E-state index contributed by atoms with van der Waals surface area (Å²) < 4.78 is 0. The first-order valence-corrected chi connectivity index (χ1v) is 8.96. The summed E-state index contributed by atoms with van der Waals surface area (Å²) in [7, 11) is 0. The number of carbonyl (C=O) groups excluding carboxylic acids is 1. The molecule has 0 N–H and O–H groups in total. The first-order valence-electron chi connectivity index (χ1n) is 7.10. The van der Waals surface area contributed by atoms with Crippen molar-refractivity contribution in [3.05, 3.63) is 28.0 Å². The Morgan fingerprint density at radius 3 is 2.95 bits per heavy atom. The molecular weight excluding hydrogens is 272 g/mol. The summed E-state index contributed by atoms with van der Waals surface area (Å²) in [6.07, 6.45) is 11.9. The Balaban J connectivity index is 2.31. The summed E-state index contributed by atoms with van der Waals surface area (Å²) in [5, 5.41) is 2.39. The number of thioether (sulfide) groups is 1. The normalized spacial score (nSPS) is 11.3. The van der Waals surface area contributed by atoms with Crippen LogP contribution in [0.4, 0.5) is 0 Å². The SMILES string of the molecule is CCCCCCc1ccsc1C=CCCSC(C)=O. The molecule has 0 atom stereocenters. The molecule has 1 aromatic heterocycles. The van der Waals surface area contributed by atoms with Crippen molar-refractivity contribution in [2.45, 2.75) is 52.4 Å². The van der Waals surface area contributed by atoms with Crippen LogP contribution in [-0.2, 0) is 11.2 Å². The number of hydrogen-bond donors (Lipinski definition) is 0. The second-order valence-electron chi connectivity index (χ2n) is 4.65. The Labute approximate surface area is 125 Å². The molecule has 106 valence electrons. The van der Waals surface area contributed by atoms with E-state index in [0.29, 0.717) is 0 Å². The highest BCUT2D eigenvalue weighted by Crippen LogP contribution is 2.21. The van der Waals surface area contributed by atoms with Gasteiger partial charge >= 0.3 is 0 Å². The fourth-order valence-electron chi connectivity index (χ4n) is 1.90. The molecule has 0 unspecified atom stereocenters. The third-order valence-electron chi connectivity index (χ3n) is 2.94. The van der Waals surface area contributed by atoms with E-state index in [4.69, 9.17) is 0 Å². The highest BCUT2D eigenvalue weighted by molar-refractivity contribution is 8.13. The standard InChI is InChI=1S/C16H24OS2/c1-3-4-5-6-9-15-11-13-19-16(15)10-7-8-12-18-14(2)17/h7,10-11,13H,3-6,8-9,12H2,1-2H3. The minimum absolute atomic E-state index is 0.209. The Kier molecular flexibility index (Phi) is 8.93. The van der Waals surface area contributed by atoms with Gasteiger partial charge in [0.2, 0.25) is 0 Å². The molecule has 0 fully saturated rings. The molecule has 0 spiro atoms. The molecule has 3 heteroatoms. The van der Waals surface area contributed by atoms with E-state index >= 15 is 0 Å². The predicted molar refractivity (Wildman–Crippen MR) is 89.0 cm³/mol. The van der Waals surface area contributed by atoms with Crippen LogP contribution in [0.3, 0.4) is 0 Å². The highest BCUT2D eigenvalue weighted by Gasteiger charge is 2.01. The quantitative estimate of drug-likeness (QED) is 0.555. The maximum atomic E-state index is 10.8. The zero-order valence-electron chi connectivity index (χ0n) is 12.0. The third-order valence-corrected chi connectivity index (χ3v) is 4.71. The Morgan fingerprint density at radius 2 is 2.21 bits per heavy atom. The van der Waals surface area contributed by atoms with E-state index in [9.17, 15) is 4.79 Å². The summed E-state index contributed by atoms with van der Waals surface area (Å²) in [5.41, 5.74) is 1.48. The molecule has 1 aromatic rings. The second kappa shape index (κ2) is 10.3. The summed E-state index contributed by atoms with van der Waals surface area (Å²) in [6, 6.07) is 2.25. The number of aryl methyl sites for hydroxylation is 1. The first kappa shape index (κ1) is 16.5. The van der Waals surface area contributed by atoms with Crippen LogP contribution in [-0.4, -0.2) is 10.9 Å². The summed E-state index contributed by atoms with van der Waals surface area (Å²) in [6.45, 7) is 3.87. The molecule has 0 aliphatic carbocycles. The summed E-state index contributed by atoms with van der Waals surface area (Å²) >= 11 is 3.22. The van der Waals surface area contributed by atoms with Gasteiger partial charge in [-0.05, 0) is 42.3 Å². The lowest BCUT2D eigenvalue weighted by atomic mass is 10.1. The minimum atomic E-state index is 0.209. The van der Waals surface area contributed by atoms with Crippen LogP contribution in [0.25, 0.3) is 6.08 Å². The van der Waals surface area contributed by atoms with Crippen LogP contribution < -0.4 is 0 Å². The number of unbranched alkanes of at least 4 members (excludes halogenated alkanes) is 3. The number of rotatable bonds is 9. The molecule has 19 heavy (non-hydrogen) atoms. The van der Waals surface area contributed by atoms with E-state index in [1.165, 1.54) is 54.3 Å². The predicted octanol–water partition coefficient (Wildman–Crippen LogP) is 5.55. The number of allylic oxidation sites excluding steroid dienone is 1. The fraction of sp³-hybridized carbons (Fsp3) is 0.562. The summed E-state index contributed by atoms with van der Waals surface area (Å²) in [5.74, 6) is 0.892. The van der Waals surface area contributed by atoms with Crippen molar-refractivity contribution in [3.63, 3.8) is 0 Å². The van der Waals surface area contributed by atoms with E-state index in [-0.39, 0.29) is 5.12 Å². The van der Waals surface area contributed by atoms with Crippen molar-refractivity contribution in [1.82, 2.24) is 0 Å². The topological polar surface area (TPSA) is 17.1 Å². The van der Waals surface area contributed by atoms with Crippen LogP contribution in [0.15, 0.2) is 17.5 Å². The second-order valence-corrected chi connectivity index (χ2v) is 6.87. The average Bonchev–Trinajstić information content (AvgIpc) is 2.81. The van der Waals surface area contributed by atoms with Gasteiger partial charge in [-0.25, -0.2) is 0 Å². The van der Waals surface area contributed by atoms with Gasteiger partial charge in [0.05, 0.1) is 0 Å². The van der Waals surface area contributed by atoms with Crippen LogP contribution in [0.1, 0.15) is 56.4 Å². The van der Waals surface area contributed by atoms with Gasteiger partial charge in [-0.2, -0.15) is 0 Å². The maximum absolute atomic E-state index is 10.8. The van der Waals surface area contributed by atoms with Gasteiger partial charge in [-0.3, -0.25) is 4.79 Å². The van der Waals surface area contributed by atoms with Crippen molar-refractivity contribution in [2.75, 3.05) is 5.75 Å². The molecule has 0 aliphatic rings. The van der Waals surface area contributed by atoms with E-state index in [2.05, 4.69) is 30.5 Å². The van der Waals surface area contributed by atoms with Crippen molar-refractivity contribution >= 4 is 34.3 Å². The van der Waals surface area contributed by atoms with Gasteiger partial charge in [-0.15, -0.1) is 11.3 Å². The minimum Gasteiger partial charge on any atom is -0.288 e. The number of carbonyl (C=O) groups is 1. The fourth-order valence-corrected chi connectivity index (χ4v) is 3.32. The van der Waals surface area contributed by atoms with E-state index in [1.54, 1.807) is 6.92 Å². The van der Waals surface area contributed by atoms with Crippen molar-refractivity contribution in [1.29, 1.82) is 0 Å². The van der Waals surface area contributed by atoms with E-state index in [0.717, 1.165) is 12.2 Å². The van der Waals surface area contributed by atoms with Crippen LogP contribution >= 0.6 is 23.1 Å². The Hall–Kier alpha value is -0.540. The average molecular weight is 297 g/mol. The molecule has 0 saturated carbocycles. The lowest BCUT2D eigenvalue weighted by Crippen LogP contribution is -1.86. The van der Waals surface area contributed by atoms with Gasteiger partial charge < -0.3 is 0 Å². The maximum Gasteiger partial charge on any atom is 0.185 e. The third kappa shape index (κ3) is 7.58. The molecule has 1 heterocycles. The Bertz CT molecular complexity index is 393. The van der Waals surface area contributed by atoms with Crippen molar-refractivity contribution in [2.24, 2.45) is 0 Å². The van der Waals surface area contributed by atoms with Crippen LogP contribution in [0, 0.1) is 0 Å². The molecule has 0 bridgehead atoms. The van der Waals surface area contributed by atoms with Crippen LogP contribution in [0.5, 0.6) is 0 Å². The zero-order valence-corrected chi connectivity index (χ0v) is 13.6. The summed E-state index contributed by atoms with van der Waals surface area (Å²) in [4.78, 5) is 12.2. The number of hydrogen-bond acceptors (Lipinski definition) is 3. The van der Waals surface area contributed by atoms with Gasteiger partial charge in [0.1, 0.15) is 0 Å². The Morgan fingerprint density at radius 1 is 1.37 bits per heavy atom. The molecule has 1 rings (SSSR count). The van der Waals surface area contributed by atoms with E-state index < -0.39 is 0 Å². The van der Waals surface area contributed by atoms with E-state index in [1.807, 2.05) is 11.3 Å². The molecule has 0 aromatic carbocycles. The molecule has 0 aliphatic heterocycles.